The predicted molar refractivity (Wildman–Crippen MR) is 189 cm³/mol. The Morgan fingerprint density at radius 3 is 1.84 bits per heavy atom. The van der Waals surface area contributed by atoms with Crippen LogP contribution in [0.3, 0.4) is 0 Å². The van der Waals surface area contributed by atoms with Gasteiger partial charge in [-0.1, -0.05) is 76.2 Å². The number of rotatable bonds is 11. The third kappa shape index (κ3) is 8.32. The number of nitrogens with zero attached hydrogens (tertiary/aromatic N) is 2. The van der Waals surface area contributed by atoms with Crippen LogP contribution >= 0.6 is 0 Å². The molecule has 3 aromatic rings. The van der Waals surface area contributed by atoms with Crippen LogP contribution in [0.4, 0.5) is 0 Å². The maximum Gasteiger partial charge on any atom is 0.110 e. The van der Waals surface area contributed by atoms with Gasteiger partial charge in [0.05, 0.1) is 33.7 Å². The van der Waals surface area contributed by atoms with Gasteiger partial charge in [-0.15, -0.1) is 0 Å². The normalized spacial score (nSPS) is 17.0. The van der Waals surface area contributed by atoms with E-state index in [1.807, 2.05) is 53.9 Å². The highest BCUT2D eigenvalue weighted by molar-refractivity contribution is 7.86. The van der Waals surface area contributed by atoms with E-state index in [9.17, 15) is 8.42 Å². The van der Waals surface area contributed by atoms with Crippen LogP contribution in [0.2, 0.25) is 0 Å². The quantitative estimate of drug-likeness (QED) is 0.223. The molecule has 2 aromatic carbocycles. The van der Waals surface area contributed by atoms with Crippen LogP contribution < -0.4 is 4.72 Å². The van der Waals surface area contributed by atoms with E-state index in [0.29, 0.717) is 11.7 Å². The maximum absolute atomic E-state index is 12.9. The summed E-state index contributed by atoms with van der Waals surface area (Å²) in [6.07, 6.45) is 4.60. The minimum atomic E-state index is -1.16. The summed E-state index contributed by atoms with van der Waals surface area (Å²) in [7, 11) is -2.10. The Labute approximate surface area is 269 Å². The number of nitrogens with one attached hydrogen (secondary N) is 2. The topological polar surface area (TPSA) is 87.2 Å². The van der Waals surface area contributed by atoms with E-state index >= 15 is 0 Å². The van der Waals surface area contributed by atoms with Crippen LogP contribution in [0, 0.1) is 11.8 Å². The van der Waals surface area contributed by atoms with E-state index in [1.165, 1.54) is 5.57 Å². The lowest BCUT2D eigenvalue weighted by atomic mass is 9.93. The van der Waals surface area contributed by atoms with Crippen molar-refractivity contribution >= 4 is 33.1 Å². The smallest absolute Gasteiger partial charge is 0.110 e. The number of aliphatic imine (C=N–C) groups is 1. The molecule has 0 radical (unpaired) electrons. The highest BCUT2D eigenvalue weighted by atomic mass is 32.2. The molecule has 0 saturated heterocycles. The van der Waals surface area contributed by atoms with E-state index in [4.69, 9.17) is 9.98 Å². The fourth-order valence-corrected chi connectivity index (χ4v) is 7.45. The first-order valence-electron chi connectivity index (χ1n) is 15.6. The Balaban J connectivity index is 1.42. The van der Waals surface area contributed by atoms with Gasteiger partial charge in [-0.3, -0.25) is 9.20 Å². The Morgan fingerprint density at radius 2 is 1.34 bits per heavy atom. The molecule has 3 unspecified atom stereocenters. The van der Waals surface area contributed by atoms with Crippen LogP contribution in [0.5, 0.6) is 0 Å². The Morgan fingerprint density at radius 1 is 0.795 bits per heavy atom. The first-order chi connectivity index (χ1) is 20.5. The van der Waals surface area contributed by atoms with E-state index in [2.05, 4.69) is 85.9 Å². The average molecular weight is 635 g/mol. The standard InChI is InChI=1S/C36H50N4O2S2/c1-23(2)30(22-43(41)35(5,6)7)34-38-21-32(39-34)28-17-15-26(16-18-28)25-11-13-27(14-12-25)29-19-31(37-20-29)33(24(3)4)40-44(42)36(8,9)10/h11-18,20-21,23-24,30,33,40H,19,22H2,1-10H3,(H,38,39)/t30-,33?,43?,44?/m0/s1. The number of allylic oxidation sites excluding steroid dienone is 1. The van der Waals surface area contributed by atoms with Gasteiger partial charge in [-0.05, 0) is 81.2 Å². The van der Waals surface area contributed by atoms with Gasteiger partial charge in [0.25, 0.3) is 0 Å². The summed E-state index contributed by atoms with van der Waals surface area (Å²) in [6, 6.07) is 17.1. The van der Waals surface area contributed by atoms with E-state index in [-0.39, 0.29) is 27.4 Å². The molecule has 0 fully saturated rings. The van der Waals surface area contributed by atoms with Crippen molar-refractivity contribution in [2.45, 2.75) is 97.1 Å². The number of H-pyrrole nitrogens is 1. The first-order valence-corrected chi connectivity index (χ1v) is 18.1. The number of benzene rings is 2. The summed E-state index contributed by atoms with van der Waals surface area (Å²) in [5.74, 6) is 2.22. The molecule has 44 heavy (non-hydrogen) atoms. The van der Waals surface area contributed by atoms with Gasteiger partial charge < -0.3 is 4.98 Å². The number of hydrogen-bond donors (Lipinski definition) is 2. The fourth-order valence-electron chi connectivity index (χ4n) is 5.09. The molecule has 6 nitrogen and oxygen atoms in total. The highest BCUT2D eigenvalue weighted by Crippen LogP contribution is 2.31. The van der Waals surface area contributed by atoms with Crippen LogP contribution in [-0.4, -0.2) is 45.4 Å². The van der Waals surface area contributed by atoms with E-state index < -0.39 is 21.8 Å². The minimum absolute atomic E-state index is 0.0312. The Hall–Kier alpha value is -2.68. The predicted octanol–water partition coefficient (Wildman–Crippen LogP) is 8.29. The van der Waals surface area contributed by atoms with Gasteiger partial charge in [0.1, 0.15) is 5.82 Å². The lowest BCUT2D eigenvalue weighted by Crippen LogP contribution is -2.46. The van der Waals surface area contributed by atoms with Gasteiger partial charge >= 0.3 is 0 Å². The molecule has 2 heterocycles. The largest absolute Gasteiger partial charge is 0.342 e. The maximum atomic E-state index is 12.9. The molecular formula is C36H50N4O2S2. The van der Waals surface area contributed by atoms with Gasteiger partial charge in [-0.25, -0.2) is 13.9 Å². The van der Waals surface area contributed by atoms with Crippen molar-refractivity contribution in [3.8, 4) is 22.4 Å². The summed E-state index contributed by atoms with van der Waals surface area (Å²) in [4.78, 5) is 13.0. The number of aromatic amines is 1. The molecule has 0 saturated carbocycles. The zero-order valence-electron chi connectivity index (χ0n) is 28.0. The summed E-state index contributed by atoms with van der Waals surface area (Å²) < 4.78 is 28.4. The zero-order chi connectivity index (χ0) is 32.4. The fraction of sp³-hybridized carbons (Fsp3) is 0.500. The van der Waals surface area contributed by atoms with Crippen LogP contribution in [0.15, 0.2) is 65.9 Å². The summed E-state index contributed by atoms with van der Waals surface area (Å²) in [6.45, 7) is 20.7. The second-order valence-electron chi connectivity index (χ2n) is 14.5. The van der Waals surface area contributed by atoms with Gasteiger partial charge in [0.2, 0.25) is 0 Å². The molecule has 2 N–H and O–H groups in total. The molecular weight excluding hydrogens is 585 g/mol. The van der Waals surface area contributed by atoms with E-state index in [0.717, 1.165) is 45.9 Å². The van der Waals surface area contributed by atoms with Gasteiger partial charge in [0.15, 0.2) is 0 Å². The Kier molecular flexibility index (Phi) is 10.7. The van der Waals surface area contributed by atoms with Crippen LogP contribution in [-0.2, 0) is 21.8 Å². The average Bonchev–Trinajstić information content (AvgIpc) is 3.64. The Bertz CT molecular complexity index is 1540. The lowest BCUT2D eigenvalue weighted by Gasteiger charge is -2.27. The molecule has 4 atom stereocenters. The molecule has 4 rings (SSSR count). The molecule has 1 aliphatic rings. The zero-order valence-corrected chi connectivity index (χ0v) is 29.7. The third-order valence-corrected chi connectivity index (χ3v) is 11.7. The van der Waals surface area contributed by atoms with Crippen LogP contribution in [0.25, 0.3) is 28.0 Å². The summed E-state index contributed by atoms with van der Waals surface area (Å²) >= 11 is 0. The number of hydrogen-bond acceptors (Lipinski definition) is 4. The highest BCUT2D eigenvalue weighted by Gasteiger charge is 2.30. The lowest BCUT2D eigenvalue weighted by molar-refractivity contribution is 0.512. The second-order valence-corrected chi connectivity index (χ2v) is 18.7. The third-order valence-electron chi connectivity index (χ3n) is 8.12. The van der Waals surface area contributed by atoms with E-state index in [1.54, 1.807) is 0 Å². The van der Waals surface area contributed by atoms with Gasteiger partial charge in [0, 0.05) is 45.5 Å². The molecule has 0 aliphatic carbocycles. The summed E-state index contributed by atoms with van der Waals surface area (Å²) in [5, 5.41) is 0. The van der Waals surface area contributed by atoms with Crippen molar-refractivity contribution in [1.29, 1.82) is 0 Å². The van der Waals surface area contributed by atoms with Crippen LogP contribution in [0.1, 0.15) is 93.0 Å². The van der Waals surface area contributed by atoms with Crippen molar-refractivity contribution in [3.05, 3.63) is 72.3 Å². The monoisotopic (exact) mass is 634 g/mol. The molecule has 0 spiro atoms. The molecule has 1 aromatic heterocycles. The first kappa shape index (κ1) is 34.2. The number of imidazole rings is 1. The molecule has 238 valence electrons. The summed E-state index contributed by atoms with van der Waals surface area (Å²) in [5.41, 5.74) is 7.71. The van der Waals surface area contributed by atoms with Crippen molar-refractivity contribution in [3.63, 3.8) is 0 Å². The van der Waals surface area contributed by atoms with Crippen molar-refractivity contribution < 1.29 is 8.42 Å². The SMILES string of the molecule is CC(C)C(NS(=O)C(C)(C)C)C1=NC=C(c2ccc(-c3ccc(-c4cnc([C@@H](CS(=O)C(C)(C)C)C(C)C)[nH]4)cc3)cc2)C1. The second kappa shape index (κ2) is 13.8. The molecule has 0 amide bonds. The minimum Gasteiger partial charge on any atom is -0.342 e. The number of aromatic nitrogens is 2. The van der Waals surface area contributed by atoms with Crippen molar-refractivity contribution in [1.82, 2.24) is 14.7 Å². The molecule has 1 aliphatic heterocycles. The van der Waals surface area contributed by atoms with Crippen molar-refractivity contribution in [2.75, 3.05) is 5.75 Å². The van der Waals surface area contributed by atoms with Gasteiger partial charge in [-0.2, -0.15) is 0 Å². The molecule has 0 bridgehead atoms. The molecule has 8 heteroatoms. The van der Waals surface area contributed by atoms with Crippen molar-refractivity contribution in [2.24, 2.45) is 16.8 Å².